The van der Waals surface area contributed by atoms with Gasteiger partial charge in [-0.25, -0.2) is 9.37 Å². The van der Waals surface area contributed by atoms with Gasteiger partial charge in [0.25, 0.3) is 5.56 Å². The SMILES string of the molecule is CCc1nc2sc3c(c2c(=O)n1Cc1cccc(F)c1)CCCC3. The lowest BCUT2D eigenvalue weighted by atomic mass is 9.97. The molecule has 1 aliphatic rings. The maximum Gasteiger partial charge on any atom is 0.262 e. The first-order valence-corrected chi connectivity index (χ1v) is 9.27. The molecule has 0 aliphatic heterocycles. The van der Waals surface area contributed by atoms with Gasteiger partial charge in [0, 0.05) is 11.3 Å². The second kappa shape index (κ2) is 6.13. The van der Waals surface area contributed by atoms with Gasteiger partial charge in [0.05, 0.1) is 11.9 Å². The molecule has 0 atom stereocenters. The number of aryl methyl sites for hydroxylation is 3. The van der Waals surface area contributed by atoms with Crippen LogP contribution in [0.2, 0.25) is 0 Å². The van der Waals surface area contributed by atoms with Crippen LogP contribution < -0.4 is 5.56 Å². The number of aromatic nitrogens is 2. The fraction of sp³-hybridized carbons (Fsp3) is 0.368. The molecule has 0 radical (unpaired) electrons. The van der Waals surface area contributed by atoms with E-state index in [-0.39, 0.29) is 11.4 Å². The molecule has 0 spiro atoms. The summed E-state index contributed by atoms with van der Waals surface area (Å²) < 4.78 is 15.2. The van der Waals surface area contributed by atoms with Gasteiger partial charge in [-0.05, 0) is 48.9 Å². The van der Waals surface area contributed by atoms with Crippen molar-refractivity contribution >= 4 is 21.6 Å². The van der Waals surface area contributed by atoms with E-state index in [0.29, 0.717) is 13.0 Å². The van der Waals surface area contributed by atoms with E-state index in [1.165, 1.54) is 29.0 Å². The molecule has 1 aliphatic carbocycles. The predicted octanol–water partition coefficient (Wildman–Crippen LogP) is 4.09. The van der Waals surface area contributed by atoms with E-state index in [9.17, 15) is 9.18 Å². The third-order valence-electron chi connectivity index (χ3n) is 4.70. The molecule has 0 saturated heterocycles. The zero-order chi connectivity index (χ0) is 16.7. The van der Waals surface area contributed by atoms with Crippen LogP contribution in [0.5, 0.6) is 0 Å². The quantitative estimate of drug-likeness (QED) is 0.719. The summed E-state index contributed by atoms with van der Waals surface area (Å²) in [6, 6.07) is 6.44. The van der Waals surface area contributed by atoms with Crippen LogP contribution in [0.3, 0.4) is 0 Å². The average molecular weight is 342 g/mol. The van der Waals surface area contributed by atoms with Crippen molar-refractivity contribution < 1.29 is 4.39 Å². The van der Waals surface area contributed by atoms with Crippen LogP contribution in [-0.4, -0.2) is 9.55 Å². The first-order chi connectivity index (χ1) is 11.7. The zero-order valence-corrected chi connectivity index (χ0v) is 14.5. The van der Waals surface area contributed by atoms with Crippen LogP contribution in [0.4, 0.5) is 4.39 Å². The van der Waals surface area contributed by atoms with E-state index in [1.54, 1.807) is 22.0 Å². The van der Waals surface area contributed by atoms with Gasteiger partial charge in [-0.1, -0.05) is 19.1 Å². The molecule has 24 heavy (non-hydrogen) atoms. The molecule has 5 heteroatoms. The Hall–Kier alpha value is -2.01. The summed E-state index contributed by atoms with van der Waals surface area (Å²) in [4.78, 5) is 20.1. The molecule has 0 fully saturated rings. The number of thiophene rings is 1. The average Bonchev–Trinajstić information content (AvgIpc) is 2.95. The molecule has 0 N–H and O–H groups in total. The van der Waals surface area contributed by atoms with Crippen LogP contribution in [0.1, 0.15) is 41.6 Å². The van der Waals surface area contributed by atoms with Gasteiger partial charge < -0.3 is 0 Å². The van der Waals surface area contributed by atoms with Crippen molar-refractivity contribution in [2.45, 2.75) is 45.6 Å². The number of hydrogen-bond donors (Lipinski definition) is 0. The largest absolute Gasteiger partial charge is 0.292 e. The van der Waals surface area contributed by atoms with E-state index >= 15 is 0 Å². The molecule has 124 valence electrons. The molecule has 2 heterocycles. The smallest absolute Gasteiger partial charge is 0.262 e. The topological polar surface area (TPSA) is 34.9 Å². The van der Waals surface area contributed by atoms with Crippen LogP contribution >= 0.6 is 11.3 Å². The summed E-state index contributed by atoms with van der Waals surface area (Å²) in [5, 5.41) is 0.795. The van der Waals surface area contributed by atoms with E-state index in [2.05, 4.69) is 0 Å². The minimum atomic E-state index is -0.277. The Labute approximate surface area is 143 Å². The van der Waals surface area contributed by atoms with E-state index in [1.807, 2.05) is 13.0 Å². The minimum Gasteiger partial charge on any atom is -0.292 e. The van der Waals surface area contributed by atoms with Crippen LogP contribution in [0.25, 0.3) is 10.2 Å². The number of hydrogen-bond acceptors (Lipinski definition) is 3. The lowest BCUT2D eigenvalue weighted by Crippen LogP contribution is -2.26. The number of benzene rings is 1. The summed E-state index contributed by atoms with van der Waals surface area (Å²) in [7, 11) is 0. The van der Waals surface area contributed by atoms with Gasteiger partial charge in [0.1, 0.15) is 16.5 Å². The van der Waals surface area contributed by atoms with E-state index in [4.69, 9.17) is 4.98 Å². The molecular weight excluding hydrogens is 323 g/mol. The highest BCUT2D eigenvalue weighted by atomic mass is 32.1. The lowest BCUT2D eigenvalue weighted by Gasteiger charge is -2.13. The lowest BCUT2D eigenvalue weighted by molar-refractivity contribution is 0.620. The summed E-state index contributed by atoms with van der Waals surface area (Å²) in [6.45, 7) is 2.37. The summed E-state index contributed by atoms with van der Waals surface area (Å²) in [5.41, 5.74) is 2.02. The molecule has 0 saturated carbocycles. The zero-order valence-electron chi connectivity index (χ0n) is 13.6. The number of nitrogens with zero attached hydrogens (tertiary/aromatic N) is 2. The predicted molar refractivity (Wildman–Crippen MR) is 95.4 cm³/mol. The van der Waals surface area contributed by atoms with Gasteiger partial charge in [0.15, 0.2) is 0 Å². The number of halogens is 1. The first-order valence-electron chi connectivity index (χ1n) is 8.45. The summed E-state index contributed by atoms with van der Waals surface area (Å²) in [5.74, 6) is 0.496. The van der Waals surface area contributed by atoms with Gasteiger partial charge in [-0.15, -0.1) is 11.3 Å². The molecule has 0 bridgehead atoms. The molecule has 3 aromatic rings. The van der Waals surface area contributed by atoms with Crippen molar-refractivity contribution in [2.24, 2.45) is 0 Å². The second-order valence-electron chi connectivity index (χ2n) is 6.29. The number of fused-ring (bicyclic) bond motifs is 3. The third kappa shape index (κ3) is 2.57. The summed E-state index contributed by atoms with van der Waals surface area (Å²) >= 11 is 1.68. The Kier molecular flexibility index (Phi) is 3.96. The summed E-state index contributed by atoms with van der Waals surface area (Å²) in [6.07, 6.45) is 5.04. The fourth-order valence-electron chi connectivity index (χ4n) is 3.53. The van der Waals surface area contributed by atoms with Crippen LogP contribution in [-0.2, 0) is 25.8 Å². The van der Waals surface area contributed by atoms with Crippen molar-refractivity contribution in [3.63, 3.8) is 0 Å². The van der Waals surface area contributed by atoms with Gasteiger partial charge in [-0.3, -0.25) is 9.36 Å². The molecule has 3 nitrogen and oxygen atoms in total. The van der Waals surface area contributed by atoms with Crippen LogP contribution in [0, 0.1) is 5.82 Å². The minimum absolute atomic E-state index is 0.0283. The highest BCUT2D eigenvalue weighted by Gasteiger charge is 2.21. The second-order valence-corrected chi connectivity index (χ2v) is 7.38. The third-order valence-corrected chi connectivity index (χ3v) is 5.89. The molecule has 1 aromatic carbocycles. The van der Waals surface area contributed by atoms with Crippen LogP contribution in [0.15, 0.2) is 29.1 Å². The van der Waals surface area contributed by atoms with Gasteiger partial charge in [0.2, 0.25) is 0 Å². The number of rotatable bonds is 3. The molecule has 0 amide bonds. The monoisotopic (exact) mass is 342 g/mol. The molecule has 2 aromatic heterocycles. The Bertz CT molecular complexity index is 973. The van der Waals surface area contributed by atoms with E-state index in [0.717, 1.165) is 40.9 Å². The molecular formula is C19H19FN2OS. The van der Waals surface area contributed by atoms with Gasteiger partial charge >= 0.3 is 0 Å². The van der Waals surface area contributed by atoms with Crippen molar-refractivity contribution in [3.8, 4) is 0 Å². The van der Waals surface area contributed by atoms with Crippen molar-refractivity contribution in [2.75, 3.05) is 0 Å². The van der Waals surface area contributed by atoms with Gasteiger partial charge in [-0.2, -0.15) is 0 Å². The Morgan fingerprint density at radius 2 is 2.12 bits per heavy atom. The maximum atomic E-state index is 13.5. The highest BCUT2D eigenvalue weighted by molar-refractivity contribution is 7.18. The first kappa shape index (κ1) is 15.5. The molecule has 0 unspecified atom stereocenters. The standard InChI is InChI=1S/C19H19FN2OS/c1-2-16-21-18-17(14-8-3-4-9-15(14)24-18)19(23)22(16)11-12-6-5-7-13(20)10-12/h5-7,10H,2-4,8-9,11H2,1H3. The highest BCUT2D eigenvalue weighted by Crippen LogP contribution is 2.33. The maximum absolute atomic E-state index is 13.5. The van der Waals surface area contributed by atoms with E-state index < -0.39 is 0 Å². The molecule has 4 rings (SSSR count). The van der Waals surface area contributed by atoms with Crippen molar-refractivity contribution in [1.82, 2.24) is 9.55 Å². The van der Waals surface area contributed by atoms with Crippen molar-refractivity contribution in [1.29, 1.82) is 0 Å². The fourth-order valence-corrected chi connectivity index (χ4v) is 4.80. The Balaban J connectivity index is 1.90. The Morgan fingerprint density at radius 3 is 2.92 bits per heavy atom. The Morgan fingerprint density at radius 1 is 1.29 bits per heavy atom. The van der Waals surface area contributed by atoms with Crippen molar-refractivity contribution in [3.05, 3.63) is 62.3 Å². The normalized spacial score (nSPS) is 14.1.